The van der Waals surface area contributed by atoms with E-state index in [0.717, 1.165) is 111 Å². The second-order valence-corrected chi connectivity index (χ2v) is 20.3. The highest BCUT2D eigenvalue weighted by Crippen LogP contribution is 2.49. The zero-order valence-corrected chi connectivity index (χ0v) is 43.5. The second-order valence-electron chi connectivity index (χ2n) is 20.3. The van der Waals surface area contributed by atoms with Crippen molar-refractivity contribution in [1.82, 2.24) is 15.3 Å². The summed E-state index contributed by atoms with van der Waals surface area (Å²) < 4.78 is 0. The third kappa shape index (κ3) is 8.60. The molecule has 8 heteroatoms. The molecule has 0 aliphatic carbocycles. The maximum Gasteiger partial charge on any atom is 0.165 e. The molecular formula is C69H54N8. The predicted octanol–water partition coefficient (Wildman–Crippen LogP) is 15.2. The summed E-state index contributed by atoms with van der Waals surface area (Å²) in [5, 5.41) is 4.02. The Hall–Kier alpha value is -9.79. The number of aliphatic imine (C=N–C) groups is 3. The average Bonchev–Trinajstić information content (AvgIpc) is 4.22. The van der Waals surface area contributed by atoms with Gasteiger partial charge in [-0.3, -0.25) is 0 Å². The number of aromatic nitrogens is 2. The van der Waals surface area contributed by atoms with Crippen molar-refractivity contribution in [3.05, 3.63) is 274 Å². The van der Waals surface area contributed by atoms with Gasteiger partial charge in [-0.15, -0.1) is 0 Å². The van der Waals surface area contributed by atoms with E-state index in [1.165, 1.54) is 0 Å². The molecule has 10 aromatic rings. The number of nitrogens with one attached hydrogen (secondary N) is 3. The highest BCUT2D eigenvalue weighted by atomic mass is 15.2. The van der Waals surface area contributed by atoms with E-state index in [0.29, 0.717) is 40.1 Å². The molecule has 77 heavy (non-hydrogen) atoms. The maximum atomic E-state index is 5.99. The third-order valence-electron chi connectivity index (χ3n) is 14.6. The van der Waals surface area contributed by atoms with E-state index < -0.39 is 5.66 Å². The van der Waals surface area contributed by atoms with Gasteiger partial charge in [0.25, 0.3) is 0 Å². The molecule has 8 bridgehead atoms. The lowest BCUT2D eigenvalue weighted by molar-refractivity contribution is 0.562. The number of aryl methyl sites for hydroxylation is 4. The summed E-state index contributed by atoms with van der Waals surface area (Å²) >= 11 is 0. The second kappa shape index (κ2) is 19.2. The monoisotopic (exact) mass is 994 g/mol. The number of H-pyrrole nitrogens is 2. The van der Waals surface area contributed by atoms with Crippen molar-refractivity contribution in [2.75, 3.05) is 0 Å². The van der Waals surface area contributed by atoms with E-state index in [2.05, 4.69) is 262 Å². The molecule has 0 saturated carbocycles. The number of amidine groups is 3. The van der Waals surface area contributed by atoms with Gasteiger partial charge in [-0.05, 0) is 79.1 Å². The van der Waals surface area contributed by atoms with Crippen LogP contribution in [-0.2, 0) is 0 Å². The van der Waals surface area contributed by atoms with Crippen LogP contribution in [0.5, 0.6) is 0 Å². The van der Waals surface area contributed by atoms with Crippen LogP contribution < -0.4 is 16.3 Å². The predicted molar refractivity (Wildman–Crippen MR) is 317 cm³/mol. The molecule has 370 valence electrons. The number of rotatable bonds is 8. The van der Waals surface area contributed by atoms with Gasteiger partial charge in [-0.2, -0.15) is 0 Å². The molecule has 0 amide bonds. The minimum Gasteiger partial charge on any atom is -0.342 e. The maximum absolute atomic E-state index is 5.99. The number of aromatic amines is 2. The van der Waals surface area contributed by atoms with Crippen molar-refractivity contribution in [1.29, 1.82) is 0 Å². The standard InChI is InChI=1S/C69H54N8/c1-42-22-18-34-50(38-42)57-54(46-26-10-6-11-27-46)62-70-65(57)73-64-56(48-30-14-8-15-31-48)59(52-36-20-24-44(3)40-52)67(74-64)76-69(5)61(49-32-16-9-17-33-49)60(53-37-21-25-45(4)41-53)68(77-69)75-63-55(47-28-12-7-13-29-47)58(66(71-62)72-63)51-35-19-23-43(2)39-51/h6-41,72H,1-5H3,(H,75,77)(H,70,71,73,74,76). The van der Waals surface area contributed by atoms with Gasteiger partial charge in [0.05, 0.1) is 0 Å². The highest BCUT2D eigenvalue weighted by Gasteiger charge is 2.43. The molecule has 1 atom stereocenters. The van der Waals surface area contributed by atoms with Gasteiger partial charge in [0.1, 0.15) is 28.4 Å². The molecule has 3 aliphatic rings. The zero-order chi connectivity index (χ0) is 52.2. The van der Waals surface area contributed by atoms with E-state index in [9.17, 15) is 0 Å². The summed E-state index contributed by atoms with van der Waals surface area (Å²) in [6.45, 7) is 10.7. The molecule has 5 heterocycles. The minimum atomic E-state index is -1.12. The van der Waals surface area contributed by atoms with Gasteiger partial charge < -0.3 is 15.3 Å². The lowest BCUT2D eigenvalue weighted by atomic mass is 9.89. The van der Waals surface area contributed by atoms with Crippen LogP contribution in [-0.4, -0.2) is 33.1 Å². The van der Waals surface area contributed by atoms with Gasteiger partial charge in [-0.25, -0.2) is 25.0 Å². The smallest absolute Gasteiger partial charge is 0.165 e. The van der Waals surface area contributed by atoms with Gasteiger partial charge in [0.15, 0.2) is 17.3 Å². The summed E-state index contributed by atoms with van der Waals surface area (Å²) in [6.07, 6.45) is 0. The van der Waals surface area contributed by atoms with E-state index in [1.54, 1.807) is 0 Å². The molecule has 8 nitrogen and oxygen atoms in total. The van der Waals surface area contributed by atoms with Crippen molar-refractivity contribution in [2.24, 2.45) is 25.0 Å². The van der Waals surface area contributed by atoms with Crippen LogP contribution in [0.1, 0.15) is 51.4 Å². The van der Waals surface area contributed by atoms with Crippen LogP contribution in [0.15, 0.2) is 243 Å². The topological polar surface area (TPSA) is 105 Å². The molecule has 1 unspecified atom stereocenters. The van der Waals surface area contributed by atoms with Gasteiger partial charge in [0, 0.05) is 44.5 Å². The number of nitrogens with zero attached hydrogens (tertiary/aromatic N) is 5. The van der Waals surface area contributed by atoms with Crippen molar-refractivity contribution >= 4 is 51.4 Å². The first-order valence-corrected chi connectivity index (χ1v) is 26.2. The molecule has 0 radical (unpaired) electrons. The van der Waals surface area contributed by atoms with Gasteiger partial charge in [-0.1, -0.05) is 241 Å². The van der Waals surface area contributed by atoms with E-state index in [4.69, 9.17) is 25.0 Å². The Balaban J connectivity index is 1.26. The summed E-state index contributed by atoms with van der Waals surface area (Å²) in [7, 11) is 0. The van der Waals surface area contributed by atoms with E-state index >= 15 is 0 Å². The van der Waals surface area contributed by atoms with Crippen molar-refractivity contribution < 1.29 is 0 Å². The van der Waals surface area contributed by atoms with Crippen molar-refractivity contribution in [2.45, 2.75) is 40.3 Å². The highest BCUT2D eigenvalue weighted by molar-refractivity contribution is 6.50. The average molecular weight is 995 g/mol. The summed E-state index contributed by atoms with van der Waals surface area (Å²) in [6, 6.07) is 76.5. The summed E-state index contributed by atoms with van der Waals surface area (Å²) in [5.74, 6) is 2.94. The first-order chi connectivity index (χ1) is 37.7. The number of hydrogen-bond donors (Lipinski definition) is 3. The van der Waals surface area contributed by atoms with Gasteiger partial charge in [0.2, 0.25) is 0 Å². The third-order valence-corrected chi connectivity index (χ3v) is 14.6. The van der Waals surface area contributed by atoms with Crippen LogP contribution in [0, 0.1) is 27.7 Å². The molecule has 3 aliphatic heterocycles. The summed E-state index contributed by atoms with van der Waals surface area (Å²) in [4.78, 5) is 36.7. The fourth-order valence-electron chi connectivity index (χ4n) is 11.3. The molecular weight excluding hydrogens is 941 g/mol. The Bertz CT molecular complexity index is 4270. The molecule has 8 aromatic carbocycles. The molecule has 3 N–H and O–H groups in total. The van der Waals surface area contributed by atoms with Crippen LogP contribution in [0.4, 0.5) is 11.6 Å². The molecule has 2 aromatic heterocycles. The Morgan fingerprint density at radius 2 is 0.727 bits per heavy atom. The number of hydrogen-bond acceptors (Lipinski definition) is 6. The van der Waals surface area contributed by atoms with Crippen LogP contribution in [0.3, 0.4) is 0 Å². The minimum absolute atomic E-state index is 0.516. The Morgan fingerprint density at radius 1 is 0.325 bits per heavy atom. The Labute approximate surface area is 448 Å². The van der Waals surface area contributed by atoms with Crippen molar-refractivity contribution in [3.63, 3.8) is 0 Å². The van der Waals surface area contributed by atoms with E-state index in [1.807, 2.05) is 6.07 Å². The van der Waals surface area contributed by atoms with Gasteiger partial charge >= 0.3 is 0 Å². The molecule has 0 spiro atoms. The molecule has 13 rings (SSSR count). The van der Waals surface area contributed by atoms with E-state index in [-0.39, 0.29) is 0 Å². The Kier molecular flexibility index (Phi) is 11.7. The van der Waals surface area contributed by atoms with Crippen molar-refractivity contribution in [3.8, 4) is 44.5 Å². The lowest BCUT2D eigenvalue weighted by Crippen LogP contribution is -2.41. The quantitative estimate of drug-likeness (QED) is 0.139. The molecule has 0 saturated heterocycles. The van der Waals surface area contributed by atoms with Crippen LogP contribution >= 0.6 is 0 Å². The van der Waals surface area contributed by atoms with Crippen LogP contribution in [0.25, 0.3) is 66.8 Å². The number of fused-ring (bicyclic) bond motifs is 7. The Morgan fingerprint density at radius 3 is 1.29 bits per heavy atom. The number of benzene rings is 8. The first kappa shape index (κ1) is 47.0. The summed E-state index contributed by atoms with van der Waals surface area (Å²) in [5.41, 5.74) is 19.8. The largest absolute Gasteiger partial charge is 0.342 e. The fraction of sp³-hybridized carbons (Fsp3) is 0.0870. The lowest BCUT2D eigenvalue weighted by Gasteiger charge is -2.24. The molecule has 0 fully saturated rings. The van der Waals surface area contributed by atoms with Crippen LogP contribution in [0.2, 0.25) is 0 Å². The SMILES string of the molecule is Cc1cccc(C2=C(c3ccccc3)/C3=N/c4[nH]c(c(-c5ccccc5)c4-c4cccc(C)c4)/N=C4\NC(C)(/N=c5\[nH]c(c(-c6ccccc6)c5-c5cccc(C)c5)=NC2=N3)C(c2ccccc2)=C4c2cccc(C)c2)c1. The normalized spacial score (nSPS) is 17.6. The fourth-order valence-corrected chi connectivity index (χ4v) is 11.3. The zero-order valence-electron chi connectivity index (χ0n) is 43.5. The first-order valence-electron chi connectivity index (χ1n) is 26.2.